The lowest BCUT2D eigenvalue weighted by molar-refractivity contribution is -0.124. The molecule has 0 bridgehead atoms. The van der Waals surface area contributed by atoms with Crippen LogP contribution < -0.4 is 10.1 Å². The van der Waals surface area contributed by atoms with Crippen LogP contribution >= 0.6 is 0 Å². The summed E-state index contributed by atoms with van der Waals surface area (Å²) < 4.78 is 25.0. The van der Waals surface area contributed by atoms with Crippen LogP contribution in [0.5, 0.6) is 5.75 Å². The van der Waals surface area contributed by atoms with Gasteiger partial charge in [-0.25, -0.2) is 4.39 Å². The van der Waals surface area contributed by atoms with Gasteiger partial charge in [-0.15, -0.1) is 0 Å². The maximum atomic E-state index is 13.1. The lowest BCUT2D eigenvalue weighted by Gasteiger charge is -2.20. The van der Waals surface area contributed by atoms with Gasteiger partial charge < -0.3 is 14.8 Å². The number of amides is 1. The SMILES string of the molecule is O=C1COc2ccccc2CCCCO[C@@H]2CN(Cc3ccc(F)cn3)C[C@H]2N1. The van der Waals surface area contributed by atoms with Crippen molar-refractivity contribution in [1.82, 2.24) is 15.2 Å². The fraction of sp³-hybridized carbons (Fsp3) is 0.455. The van der Waals surface area contributed by atoms with Gasteiger partial charge in [0.1, 0.15) is 11.6 Å². The molecule has 0 spiro atoms. The molecule has 3 heterocycles. The maximum absolute atomic E-state index is 13.1. The molecule has 0 saturated carbocycles. The molecule has 1 fully saturated rings. The van der Waals surface area contributed by atoms with Crippen molar-refractivity contribution < 1.29 is 18.7 Å². The van der Waals surface area contributed by atoms with Crippen molar-refractivity contribution in [3.63, 3.8) is 0 Å². The summed E-state index contributed by atoms with van der Waals surface area (Å²) in [6.07, 6.45) is 4.00. The first-order chi connectivity index (χ1) is 14.2. The van der Waals surface area contributed by atoms with Crippen LogP contribution in [0.3, 0.4) is 0 Å². The Morgan fingerprint density at radius 3 is 2.93 bits per heavy atom. The Morgan fingerprint density at radius 1 is 1.17 bits per heavy atom. The van der Waals surface area contributed by atoms with E-state index in [-0.39, 0.29) is 30.5 Å². The number of carbonyl (C=O) groups is 1. The van der Waals surface area contributed by atoms with Crippen LogP contribution in [0.15, 0.2) is 42.6 Å². The largest absolute Gasteiger partial charge is 0.483 e. The Bertz CT molecular complexity index is 830. The molecule has 1 N–H and O–H groups in total. The molecule has 0 aliphatic carbocycles. The van der Waals surface area contributed by atoms with Gasteiger partial charge in [0.05, 0.1) is 24.0 Å². The highest BCUT2D eigenvalue weighted by atomic mass is 19.1. The topological polar surface area (TPSA) is 63.7 Å². The van der Waals surface area contributed by atoms with E-state index in [1.54, 1.807) is 6.07 Å². The van der Waals surface area contributed by atoms with E-state index in [0.717, 1.165) is 36.3 Å². The van der Waals surface area contributed by atoms with Gasteiger partial charge in [0, 0.05) is 26.2 Å². The molecule has 29 heavy (non-hydrogen) atoms. The number of benzene rings is 1. The molecule has 2 aromatic rings. The second-order valence-corrected chi connectivity index (χ2v) is 7.60. The number of fused-ring (bicyclic) bond motifs is 2. The first kappa shape index (κ1) is 19.8. The number of nitrogens with zero attached hydrogens (tertiary/aromatic N) is 2. The van der Waals surface area contributed by atoms with Crippen molar-refractivity contribution >= 4 is 5.91 Å². The van der Waals surface area contributed by atoms with E-state index >= 15 is 0 Å². The van der Waals surface area contributed by atoms with Gasteiger partial charge in [0.25, 0.3) is 5.91 Å². The Labute approximate surface area is 170 Å². The minimum atomic E-state index is -0.343. The van der Waals surface area contributed by atoms with Crippen LogP contribution in [-0.2, 0) is 22.5 Å². The zero-order valence-electron chi connectivity index (χ0n) is 16.4. The standard InChI is InChI=1S/C22H26FN3O3/c23-17-8-9-18(24-11-17)12-26-13-19-21(14-26)28-10-4-3-6-16-5-1-2-7-20(16)29-15-22(27)25-19/h1-2,5,7-9,11,19,21H,3-4,6,10,12-15H2,(H,25,27)/t19-,21-/m1/s1. The summed E-state index contributed by atoms with van der Waals surface area (Å²) in [4.78, 5) is 18.8. The molecular formula is C22H26FN3O3. The first-order valence-electron chi connectivity index (χ1n) is 10.1. The Balaban J connectivity index is 1.41. The predicted octanol–water partition coefficient (Wildman–Crippen LogP) is 2.32. The minimum absolute atomic E-state index is 0.0141. The van der Waals surface area contributed by atoms with Crippen LogP contribution in [0.4, 0.5) is 4.39 Å². The summed E-state index contributed by atoms with van der Waals surface area (Å²) in [5.41, 5.74) is 1.92. The van der Waals surface area contributed by atoms with Crippen molar-refractivity contribution in [2.45, 2.75) is 38.0 Å². The monoisotopic (exact) mass is 399 g/mol. The molecule has 1 aromatic heterocycles. The molecule has 4 rings (SSSR count). The Hall–Kier alpha value is -2.51. The number of para-hydroxylation sites is 1. The van der Waals surface area contributed by atoms with Gasteiger partial charge in [-0.2, -0.15) is 0 Å². The second kappa shape index (κ2) is 9.33. The zero-order valence-corrected chi connectivity index (χ0v) is 16.4. The van der Waals surface area contributed by atoms with Gasteiger partial charge in [0.15, 0.2) is 6.61 Å². The van der Waals surface area contributed by atoms with E-state index < -0.39 is 0 Å². The van der Waals surface area contributed by atoms with Crippen LogP contribution in [0.1, 0.15) is 24.1 Å². The van der Waals surface area contributed by atoms with E-state index in [2.05, 4.69) is 15.2 Å². The number of nitrogens with one attached hydrogen (secondary N) is 1. The summed E-state index contributed by atoms with van der Waals surface area (Å²) in [5, 5.41) is 3.06. The van der Waals surface area contributed by atoms with Crippen LogP contribution in [-0.4, -0.2) is 54.2 Å². The van der Waals surface area contributed by atoms with E-state index in [4.69, 9.17) is 9.47 Å². The number of likely N-dealkylation sites (tertiary alicyclic amines) is 1. The third-order valence-electron chi connectivity index (χ3n) is 5.37. The molecule has 6 nitrogen and oxygen atoms in total. The number of rotatable bonds is 2. The normalized spacial score (nSPS) is 23.6. The van der Waals surface area contributed by atoms with Crippen LogP contribution in [0.25, 0.3) is 0 Å². The van der Waals surface area contributed by atoms with Crippen molar-refractivity contribution in [1.29, 1.82) is 0 Å². The summed E-state index contributed by atoms with van der Waals surface area (Å²) >= 11 is 0. The molecule has 0 radical (unpaired) electrons. The Kier molecular flexibility index (Phi) is 6.36. The molecule has 2 aliphatic rings. The average Bonchev–Trinajstić information content (AvgIpc) is 3.09. The summed E-state index contributed by atoms with van der Waals surface area (Å²) in [7, 11) is 0. The number of aromatic nitrogens is 1. The summed E-state index contributed by atoms with van der Waals surface area (Å²) in [6, 6.07) is 10.9. The van der Waals surface area contributed by atoms with Crippen LogP contribution in [0, 0.1) is 5.82 Å². The van der Waals surface area contributed by atoms with Gasteiger partial charge in [-0.05, 0) is 43.0 Å². The third kappa shape index (κ3) is 5.31. The van der Waals surface area contributed by atoms with Crippen molar-refractivity contribution in [2.24, 2.45) is 0 Å². The van der Waals surface area contributed by atoms with Crippen LogP contribution in [0.2, 0.25) is 0 Å². The van der Waals surface area contributed by atoms with Gasteiger partial charge in [-0.1, -0.05) is 18.2 Å². The number of hydrogen-bond acceptors (Lipinski definition) is 5. The molecule has 2 aliphatic heterocycles. The minimum Gasteiger partial charge on any atom is -0.483 e. The smallest absolute Gasteiger partial charge is 0.258 e. The molecule has 2 atom stereocenters. The number of carbonyl (C=O) groups excluding carboxylic acids is 1. The number of aryl methyl sites for hydroxylation is 1. The molecule has 154 valence electrons. The molecule has 1 aromatic carbocycles. The molecule has 1 saturated heterocycles. The van der Waals surface area contributed by atoms with Crippen molar-refractivity contribution in [3.05, 3.63) is 59.7 Å². The quantitative estimate of drug-likeness (QED) is 0.840. The van der Waals surface area contributed by atoms with E-state index in [9.17, 15) is 9.18 Å². The van der Waals surface area contributed by atoms with Crippen molar-refractivity contribution in [2.75, 3.05) is 26.3 Å². The van der Waals surface area contributed by atoms with Crippen molar-refractivity contribution in [3.8, 4) is 5.75 Å². The maximum Gasteiger partial charge on any atom is 0.258 e. The summed E-state index contributed by atoms with van der Waals surface area (Å²) in [5.74, 6) is 0.277. The zero-order chi connectivity index (χ0) is 20.1. The van der Waals surface area contributed by atoms with E-state index in [1.807, 2.05) is 24.3 Å². The first-order valence-corrected chi connectivity index (χ1v) is 10.1. The van der Waals surface area contributed by atoms with Gasteiger partial charge >= 0.3 is 0 Å². The molecule has 7 heteroatoms. The molecule has 0 unspecified atom stereocenters. The fourth-order valence-electron chi connectivity index (χ4n) is 3.91. The average molecular weight is 399 g/mol. The summed E-state index contributed by atoms with van der Waals surface area (Å²) in [6.45, 7) is 2.59. The lowest BCUT2D eigenvalue weighted by atomic mass is 10.1. The van der Waals surface area contributed by atoms with E-state index in [1.165, 1.54) is 12.3 Å². The highest BCUT2D eigenvalue weighted by Gasteiger charge is 2.34. The highest BCUT2D eigenvalue weighted by molar-refractivity contribution is 5.78. The van der Waals surface area contributed by atoms with Gasteiger partial charge in [0.2, 0.25) is 0 Å². The number of hydrogen-bond donors (Lipinski definition) is 1. The number of ether oxygens (including phenoxy) is 2. The fourth-order valence-corrected chi connectivity index (χ4v) is 3.91. The number of pyridine rings is 1. The third-order valence-corrected chi connectivity index (χ3v) is 5.37. The number of halogens is 1. The highest BCUT2D eigenvalue weighted by Crippen LogP contribution is 2.22. The Morgan fingerprint density at radius 2 is 2.07 bits per heavy atom. The lowest BCUT2D eigenvalue weighted by Crippen LogP contribution is -2.45. The van der Waals surface area contributed by atoms with E-state index in [0.29, 0.717) is 26.2 Å². The predicted molar refractivity (Wildman–Crippen MR) is 106 cm³/mol. The van der Waals surface area contributed by atoms with Gasteiger partial charge in [-0.3, -0.25) is 14.7 Å². The molecular weight excluding hydrogens is 373 g/mol. The second-order valence-electron chi connectivity index (χ2n) is 7.60. The molecule has 1 amide bonds.